The van der Waals surface area contributed by atoms with Crippen LogP contribution in [-0.4, -0.2) is 26.8 Å². The van der Waals surface area contributed by atoms with Crippen LogP contribution in [0.2, 0.25) is 0 Å². The first-order valence-corrected chi connectivity index (χ1v) is 5.12. The van der Waals surface area contributed by atoms with Crippen molar-refractivity contribution >= 4 is 5.95 Å². The molecule has 0 aliphatic heterocycles. The average molecular weight is 195 g/mol. The quantitative estimate of drug-likeness (QED) is 0.760. The Balaban J connectivity index is 2.12. The second-order valence-corrected chi connectivity index (χ2v) is 4.13. The van der Waals surface area contributed by atoms with Crippen LogP contribution in [0.5, 0.6) is 0 Å². The summed E-state index contributed by atoms with van der Waals surface area (Å²) in [5.41, 5.74) is -0.126. The van der Waals surface area contributed by atoms with E-state index in [-0.39, 0.29) is 12.1 Å². The van der Waals surface area contributed by atoms with Crippen LogP contribution in [0.25, 0.3) is 0 Å². The fourth-order valence-electron chi connectivity index (χ4n) is 2.10. The molecule has 1 heterocycles. The number of imidazole rings is 1. The summed E-state index contributed by atoms with van der Waals surface area (Å²) in [4.78, 5) is 4.21. The van der Waals surface area contributed by atoms with Crippen molar-refractivity contribution in [1.29, 1.82) is 0 Å². The van der Waals surface area contributed by atoms with Crippen molar-refractivity contribution in [3.63, 3.8) is 0 Å². The van der Waals surface area contributed by atoms with Gasteiger partial charge in [0.15, 0.2) is 0 Å². The molecule has 78 valence electrons. The topological polar surface area (TPSA) is 50.1 Å². The summed E-state index contributed by atoms with van der Waals surface area (Å²) in [5.74, 6) is 0.848. The molecule has 2 rings (SSSR count). The maximum atomic E-state index is 9.41. The van der Waals surface area contributed by atoms with Gasteiger partial charge in [0.05, 0.1) is 12.1 Å². The fraction of sp³-hybridized carbons (Fsp3) is 0.700. The summed E-state index contributed by atoms with van der Waals surface area (Å²) in [7, 11) is 1.95. The maximum Gasteiger partial charge on any atom is 0.203 e. The minimum absolute atomic E-state index is 0.126. The third kappa shape index (κ3) is 1.62. The van der Waals surface area contributed by atoms with E-state index in [0.29, 0.717) is 0 Å². The predicted molar refractivity (Wildman–Crippen MR) is 55.1 cm³/mol. The molecule has 1 aliphatic rings. The Hall–Kier alpha value is -1.03. The zero-order valence-corrected chi connectivity index (χ0v) is 8.53. The molecule has 0 atom stereocenters. The largest absolute Gasteiger partial charge is 0.394 e. The number of anilines is 1. The van der Waals surface area contributed by atoms with E-state index in [1.54, 1.807) is 6.20 Å². The third-order valence-electron chi connectivity index (χ3n) is 3.06. The van der Waals surface area contributed by atoms with Gasteiger partial charge in [0.2, 0.25) is 5.95 Å². The van der Waals surface area contributed by atoms with Gasteiger partial charge in [-0.25, -0.2) is 4.98 Å². The van der Waals surface area contributed by atoms with E-state index >= 15 is 0 Å². The Kier molecular flexibility index (Phi) is 2.46. The van der Waals surface area contributed by atoms with Gasteiger partial charge in [0, 0.05) is 19.4 Å². The summed E-state index contributed by atoms with van der Waals surface area (Å²) in [5, 5.41) is 12.8. The number of hydrogen-bond acceptors (Lipinski definition) is 3. The van der Waals surface area contributed by atoms with Crippen LogP contribution in [0.4, 0.5) is 5.95 Å². The average Bonchev–Trinajstić information content (AvgIpc) is 2.79. The van der Waals surface area contributed by atoms with Gasteiger partial charge < -0.3 is 15.0 Å². The van der Waals surface area contributed by atoms with Gasteiger partial charge in [-0.2, -0.15) is 0 Å². The lowest BCUT2D eigenvalue weighted by Crippen LogP contribution is -2.39. The van der Waals surface area contributed by atoms with E-state index in [0.717, 1.165) is 18.8 Å². The van der Waals surface area contributed by atoms with Crippen LogP contribution in [0.3, 0.4) is 0 Å². The van der Waals surface area contributed by atoms with Crippen LogP contribution in [0.1, 0.15) is 25.7 Å². The second-order valence-electron chi connectivity index (χ2n) is 4.13. The Morgan fingerprint density at radius 1 is 1.57 bits per heavy atom. The molecule has 4 heteroatoms. The lowest BCUT2D eigenvalue weighted by atomic mass is 9.99. The molecule has 0 amide bonds. The maximum absolute atomic E-state index is 9.41. The van der Waals surface area contributed by atoms with E-state index in [9.17, 15) is 5.11 Å². The number of aryl methyl sites for hydroxylation is 1. The van der Waals surface area contributed by atoms with Crippen LogP contribution in [0, 0.1) is 0 Å². The van der Waals surface area contributed by atoms with Crippen LogP contribution < -0.4 is 5.32 Å². The summed E-state index contributed by atoms with van der Waals surface area (Å²) in [6.45, 7) is 0.194. The molecule has 2 N–H and O–H groups in total. The van der Waals surface area contributed by atoms with Gasteiger partial charge in [0.1, 0.15) is 0 Å². The molecule has 1 aromatic heterocycles. The van der Waals surface area contributed by atoms with Crippen LogP contribution in [-0.2, 0) is 7.05 Å². The second kappa shape index (κ2) is 3.61. The van der Waals surface area contributed by atoms with Crippen molar-refractivity contribution in [3.8, 4) is 0 Å². The van der Waals surface area contributed by atoms with E-state index < -0.39 is 0 Å². The number of nitrogens with one attached hydrogen (secondary N) is 1. The Morgan fingerprint density at radius 3 is 2.79 bits per heavy atom. The highest BCUT2D eigenvalue weighted by Gasteiger charge is 2.33. The molecule has 0 bridgehead atoms. The highest BCUT2D eigenvalue weighted by atomic mass is 16.3. The van der Waals surface area contributed by atoms with E-state index in [1.807, 2.05) is 17.8 Å². The van der Waals surface area contributed by atoms with Gasteiger partial charge in [-0.1, -0.05) is 12.8 Å². The summed E-state index contributed by atoms with van der Waals surface area (Å²) < 4.78 is 1.94. The predicted octanol–water partition coefficient (Wildman–Crippen LogP) is 1.14. The highest BCUT2D eigenvalue weighted by molar-refractivity contribution is 5.31. The molecule has 14 heavy (non-hydrogen) atoms. The van der Waals surface area contributed by atoms with Gasteiger partial charge >= 0.3 is 0 Å². The van der Waals surface area contributed by atoms with Crippen molar-refractivity contribution in [2.75, 3.05) is 11.9 Å². The Labute approximate surface area is 84.0 Å². The monoisotopic (exact) mass is 195 g/mol. The fourth-order valence-corrected chi connectivity index (χ4v) is 2.10. The number of aliphatic hydroxyl groups is 1. The van der Waals surface area contributed by atoms with Gasteiger partial charge in [-0.05, 0) is 12.8 Å². The van der Waals surface area contributed by atoms with E-state index in [1.165, 1.54) is 12.8 Å². The normalized spacial score (nSPS) is 19.9. The lowest BCUT2D eigenvalue weighted by Gasteiger charge is -2.28. The number of rotatable bonds is 3. The molecule has 1 saturated carbocycles. The molecule has 1 aromatic rings. The molecule has 1 aliphatic carbocycles. The summed E-state index contributed by atoms with van der Waals surface area (Å²) in [6.07, 6.45) is 8.13. The first-order valence-electron chi connectivity index (χ1n) is 5.12. The molecule has 0 radical (unpaired) electrons. The molecular weight excluding hydrogens is 178 g/mol. The smallest absolute Gasteiger partial charge is 0.203 e. The van der Waals surface area contributed by atoms with Crippen LogP contribution >= 0.6 is 0 Å². The number of hydrogen-bond donors (Lipinski definition) is 2. The summed E-state index contributed by atoms with van der Waals surface area (Å²) >= 11 is 0. The van der Waals surface area contributed by atoms with Crippen LogP contribution in [0.15, 0.2) is 12.4 Å². The SMILES string of the molecule is Cn1ccnc1NC1(CO)CCCC1. The molecular formula is C10H17N3O. The van der Waals surface area contributed by atoms with E-state index in [2.05, 4.69) is 10.3 Å². The Morgan fingerprint density at radius 2 is 2.29 bits per heavy atom. The molecule has 4 nitrogen and oxygen atoms in total. The van der Waals surface area contributed by atoms with Crippen molar-refractivity contribution in [2.45, 2.75) is 31.2 Å². The number of nitrogens with zero attached hydrogens (tertiary/aromatic N) is 2. The minimum Gasteiger partial charge on any atom is -0.394 e. The molecule has 0 spiro atoms. The Bertz CT molecular complexity index is 302. The summed E-state index contributed by atoms with van der Waals surface area (Å²) in [6, 6.07) is 0. The first-order chi connectivity index (χ1) is 6.76. The zero-order valence-electron chi connectivity index (χ0n) is 8.53. The minimum atomic E-state index is -0.126. The highest BCUT2D eigenvalue weighted by Crippen LogP contribution is 2.31. The molecule has 0 unspecified atom stereocenters. The van der Waals surface area contributed by atoms with Crippen molar-refractivity contribution in [2.24, 2.45) is 7.05 Å². The van der Waals surface area contributed by atoms with Gasteiger partial charge in [-0.3, -0.25) is 0 Å². The number of aromatic nitrogens is 2. The number of aliphatic hydroxyl groups excluding tert-OH is 1. The molecule has 0 aromatic carbocycles. The van der Waals surface area contributed by atoms with E-state index in [4.69, 9.17) is 0 Å². The standard InChI is InChI=1S/C10H17N3O/c1-13-7-6-11-9(13)12-10(8-14)4-2-3-5-10/h6-7,14H,2-5,8H2,1H3,(H,11,12). The first kappa shape index (κ1) is 9.52. The molecule has 0 saturated heterocycles. The van der Waals surface area contributed by atoms with Crippen molar-refractivity contribution in [3.05, 3.63) is 12.4 Å². The van der Waals surface area contributed by atoms with Gasteiger partial charge in [-0.15, -0.1) is 0 Å². The zero-order chi connectivity index (χ0) is 10.0. The third-order valence-corrected chi connectivity index (χ3v) is 3.06. The van der Waals surface area contributed by atoms with Gasteiger partial charge in [0.25, 0.3) is 0 Å². The van der Waals surface area contributed by atoms with Crippen molar-refractivity contribution < 1.29 is 5.11 Å². The molecule has 1 fully saturated rings. The van der Waals surface area contributed by atoms with Crippen molar-refractivity contribution in [1.82, 2.24) is 9.55 Å². The lowest BCUT2D eigenvalue weighted by molar-refractivity contribution is 0.213.